The largest absolute Gasteiger partial charge is 0.469 e. The van der Waals surface area contributed by atoms with E-state index in [0.717, 1.165) is 38.3 Å². The normalized spacial score (nSPS) is 10.9. The lowest BCUT2D eigenvalue weighted by atomic mass is 10.3. The minimum absolute atomic E-state index is 0.155. The minimum atomic E-state index is -0.155. The first-order valence-electron chi connectivity index (χ1n) is 6.29. The first kappa shape index (κ1) is 14.6. The molecule has 1 aromatic rings. The van der Waals surface area contributed by atoms with Crippen LogP contribution in [-0.4, -0.2) is 46.3 Å². The van der Waals surface area contributed by atoms with Gasteiger partial charge in [0.15, 0.2) is 0 Å². The summed E-state index contributed by atoms with van der Waals surface area (Å²) in [7, 11) is 3.43. The Morgan fingerprint density at radius 3 is 3.00 bits per heavy atom. The third-order valence-electron chi connectivity index (χ3n) is 2.69. The van der Waals surface area contributed by atoms with Crippen LogP contribution in [0.3, 0.4) is 0 Å². The van der Waals surface area contributed by atoms with Gasteiger partial charge in [0.05, 0.1) is 13.7 Å². The van der Waals surface area contributed by atoms with E-state index in [2.05, 4.69) is 26.6 Å². The van der Waals surface area contributed by atoms with Crippen molar-refractivity contribution in [1.29, 1.82) is 0 Å². The molecule has 0 aliphatic heterocycles. The van der Waals surface area contributed by atoms with E-state index in [1.165, 1.54) is 7.11 Å². The molecule has 1 aromatic heterocycles. The summed E-state index contributed by atoms with van der Waals surface area (Å²) in [5.41, 5.74) is 0. The maximum absolute atomic E-state index is 11.0. The van der Waals surface area contributed by atoms with Gasteiger partial charge in [-0.1, -0.05) is 6.92 Å². The van der Waals surface area contributed by atoms with Crippen molar-refractivity contribution in [1.82, 2.24) is 19.7 Å². The second kappa shape index (κ2) is 7.81. The lowest BCUT2D eigenvalue weighted by Crippen LogP contribution is -2.22. The summed E-state index contributed by atoms with van der Waals surface area (Å²) in [4.78, 5) is 17.4. The number of nitrogens with zero attached hydrogens (tertiary/aromatic N) is 4. The van der Waals surface area contributed by atoms with Gasteiger partial charge in [-0.05, 0) is 26.4 Å². The number of aryl methyl sites for hydroxylation is 1. The predicted octanol–water partition coefficient (Wildman–Crippen LogP) is 1.07. The molecule has 0 fully saturated rings. The Morgan fingerprint density at radius 2 is 2.33 bits per heavy atom. The molecule has 1 heterocycles. The third-order valence-corrected chi connectivity index (χ3v) is 2.69. The molecule has 0 bridgehead atoms. The van der Waals surface area contributed by atoms with Crippen LogP contribution in [0.15, 0.2) is 6.33 Å². The van der Waals surface area contributed by atoms with E-state index in [1.807, 2.05) is 11.7 Å². The zero-order chi connectivity index (χ0) is 13.4. The van der Waals surface area contributed by atoms with Crippen molar-refractivity contribution in [2.24, 2.45) is 0 Å². The average Bonchev–Trinajstić information content (AvgIpc) is 2.77. The van der Waals surface area contributed by atoms with Crippen molar-refractivity contribution in [3.05, 3.63) is 12.2 Å². The van der Waals surface area contributed by atoms with Crippen molar-refractivity contribution in [3.8, 4) is 0 Å². The second-order valence-corrected chi connectivity index (χ2v) is 4.32. The third kappa shape index (κ3) is 4.83. The van der Waals surface area contributed by atoms with Gasteiger partial charge in [0.1, 0.15) is 12.2 Å². The predicted molar refractivity (Wildman–Crippen MR) is 67.9 cm³/mol. The van der Waals surface area contributed by atoms with Crippen molar-refractivity contribution < 1.29 is 9.53 Å². The zero-order valence-electron chi connectivity index (χ0n) is 11.4. The van der Waals surface area contributed by atoms with E-state index in [9.17, 15) is 4.79 Å². The maximum atomic E-state index is 11.0. The molecule has 0 N–H and O–H groups in total. The number of carbonyl (C=O) groups excluding carboxylic acids is 1. The number of hydrogen-bond acceptors (Lipinski definition) is 5. The van der Waals surface area contributed by atoms with Crippen LogP contribution in [0.4, 0.5) is 0 Å². The van der Waals surface area contributed by atoms with Crippen LogP contribution < -0.4 is 0 Å². The van der Waals surface area contributed by atoms with Gasteiger partial charge in [-0.3, -0.25) is 9.69 Å². The Morgan fingerprint density at radius 1 is 1.56 bits per heavy atom. The monoisotopic (exact) mass is 254 g/mol. The molecule has 0 radical (unpaired) electrons. The van der Waals surface area contributed by atoms with Crippen molar-refractivity contribution in [2.75, 3.05) is 20.7 Å². The first-order chi connectivity index (χ1) is 8.67. The van der Waals surface area contributed by atoms with Crippen LogP contribution in [0.1, 0.15) is 32.0 Å². The molecule has 0 atom stereocenters. The van der Waals surface area contributed by atoms with Crippen molar-refractivity contribution in [2.45, 2.75) is 39.3 Å². The highest BCUT2D eigenvalue weighted by molar-refractivity contribution is 5.69. The molecule has 6 heteroatoms. The summed E-state index contributed by atoms with van der Waals surface area (Å²) < 4.78 is 6.53. The lowest BCUT2D eigenvalue weighted by Gasteiger charge is -2.16. The molecule has 0 amide bonds. The molecule has 0 aliphatic rings. The van der Waals surface area contributed by atoms with Gasteiger partial charge in [-0.25, -0.2) is 9.67 Å². The number of rotatable bonds is 8. The topological polar surface area (TPSA) is 60.2 Å². The van der Waals surface area contributed by atoms with Crippen molar-refractivity contribution >= 4 is 5.97 Å². The van der Waals surface area contributed by atoms with E-state index in [-0.39, 0.29) is 5.97 Å². The van der Waals surface area contributed by atoms with Gasteiger partial charge >= 0.3 is 5.97 Å². The SMILES string of the molecule is CCCn1ncnc1CN(C)CCCC(=O)OC. The molecule has 0 aromatic carbocycles. The molecule has 0 unspecified atom stereocenters. The maximum Gasteiger partial charge on any atom is 0.305 e. The number of methoxy groups -OCH3 is 1. The summed E-state index contributed by atoms with van der Waals surface area (Å²) >= 11 is 0. The Hall–Kier alpha value is -1.43. The van der Waals surface area contributed by atoms with Crippen LogP contribution in [0, 0.1) is 0 Å². The Kier molecular flexibility index (Phi) is 6.35. The molecule has 0 saturated carbocycles. The van der Waals surface area contributed by atoms with E-state index < -0.39 is 0 Å². The summed E-state index contributed by atoms with van der Waals surface area (Å²) in [5.74, 6) is 0.815. The van der Waals surface area contributed by atoms with E-state index in [1.54, 1.807) is 6.33 Å². The Labute approximate surface area is 108 Å². The molecule has 1 rings (SSSR count). The van der Waals surface area contributed by atoms with Gasteiger partial charge < -0.3 is 4.74 Å². The quantitative estimate of drug-likeness (QED) is 0.649. The highest BCUT2D eigenvalue weighted by Gasteiger charge is 2.08. The smallest absolute Gasteiger partial charge is 0.305 e. The van der Waals surface area contributed by atoms with E-state index >= 15 is 0 Å². The standard InChI is InChI=1S/C12H22N4O2/c1-4-7-16-11(13-10-14-16)9-15(2)8-5-6-12(17)18-3/h10H,4-9H2,1-3H3. The Bertz CT molecular complexity index is 365. The van der Waals surface area contributed by atoms with Gasteiger partial charge in [-0.15, -0.1) is 0 Å². The highest BCUT2D eigenvalue weighted by atomic mass is 16.5. The number of ether oxygens (including phenoxy) is 1. The Balaban J connectivity index is 2.32. The van der Waals surface area contributed by atoms with Gasteiger partial charge in [-0.2, -0.15) is 5.10 Å². The lowest BCUT2D eigenvalue weighted by molar-refractivity contribution is -0.140. The zero-order valence-corrected chi connectivity index (χ0v) is 11.4. The van der Waals surface area contributed by atoms with E-state index in [0.29, 0.717) is 6.42 Å². The van der Waals surface area contributed by atoms with Crippen LogP contribution in [0.2, 0.25) is 0 Å². The van der Waals surface area contributed by atoms with Gasteiger partial charge in [0, 0.05) is 13.0 Å². The summed E-state index contributed by atoms with van der Waals surface area (Å²) in [6.45, 7) is 4.60. The van der Waals surface area contributed by atoms with Gasteiger partial charge in [0.2, 0.25) is 0 Å². The highest BCUT2D eigenvalue weighted by Crippen LogP contribution is 2.02. The van der Waals surface area contributed by atoms with Crippen LogP contribution >= 0.6 is 0 Å². The number of esters is 1. The number of hydrogen-bond donors (Lipinski definition) is 0. The number of aromatic nitrogens is 3. The molecular weight excluding hydrogens is 232 g/mol. The van der Waals surface area contributed by atoms with Crippen molar-refractivity contribution in [3.63, 3.8) is 0 Å². The molecule has 0 spiro atoms. The fourth-order valence-corrected chi connectivity index (χ4v) is 1.72. The fourth-order valence-electron chi connectivity index (χ4n) is 1.72. The average molecular weight is 254 g/mol. The summed E-state index contributed by atoms with van der Waals surface area (Å²) in [5, 5.41) is 4.19. The summed E-state index contributed by atoms with van der Waals surface area (Å²) in [6.07, 6.45) is 3.89. The molecule has 0 saturated heterocycles. The summed E-state index contributed by atoms with van der Waals surface area (Å²) in [6, 6.07) is 0. The molecule has 0 aliphatic carbocycles. The molecule has 102 valence electrons. The number of carbonyl (C=O) groups is 1. The second-order valence-electron chi connectivity index (χ2n) is 4.32. The minimum Gasteiger partial charge on any atom is -0.469 e. The van der Waals surface area contributed by atoms with Crippen LogP contribution in [-0.2, 0) is 22.6 Å². The molecule has 6 nitrogen and oxygen atoms in total. The van der Waals surface area contributed by atoms with E-state index in [4.69, 9.17) is 0 Å². The fraction of sp³-hybridized carbons (Fsp3) is 0.750. The first-order valence-corrected chi connectivity index (χ1v) is 6.29. The molecular formula is C12H22N4O2. The van der Waals surface area contributed by atoms with Crippen LogP contribution in [0.5, 0.6) is 0 Å². The molecule has 18 heavy (non-hydrogen) atoms. The van der Waals surface area contributed by atoms with Crippen LogP contribution in [0.25, 0.3) is 0 Å². The van der Waals surface area contributed by atoms with Gasteiger partial charge in [0.25, 0.3) is 0 Å².